The van der Waals surface area contributed by atoms with Crippen LogP contribution in [0.4, 0.5) is 0 Å². The highest BCUT2D eigenvalue weighted by Gasteiger charge is 2.44. The van der Waals surface area contributed by atoms with Gasteiger partial charge in [0.15, 0.2) is 6.10 Å². The molecule has 1 aliphatic rings. The van der Waals surface area contributed by atoms with Crippen LogP contribution in [0.5, 0.6) is 11.5 Å². The van der Waals surface area contributed by atoms with E-state index in [-0.39, 0.29) is 5.56 Å². The molecule has 0 unspecified atom stereocenters. The predicted molar refractivity (Wildman–Crippen MR) is 86.9 cm³/mol. The summed E-state index contributed by atoms with van der Waals surface area (Å²) in [6.45, 7) is 3.53. The number of rotatable bonds is 2. The molecule has 0 spiro atoms. The van der Waals surface area contributed by atoms with E-state index in [0.29, 0.717) is 22.6 Å². The fraction of sp³-hybridized carbons (Fsp3) is 0.333. The molecule has 0 bridgehead atoms. The van der Waals surface area contributed by atoms with Crippen LogP contribution in [0.1, 0.15) is 31.1 Å². The number of aryl methyl sites for hydroxylation is 1. The maximum Gasteiger partial charge on any atom is 0.253 e. The zero-order chi connectivity index (χ0) is 17.5. The molecule has 2 atom stereocenters. The summed E-state index contributed by atoms with van der Waals surface area (Å²) in [5.41, 5.74) is -0.0475. The Bertz CT molecular complexity index is 879. The Labute approximate surface area is 139 Å². The number of hydrogen-bond acceptors (Lipinski definition) is 5. The number of ether oxygens (including phenoxy) is 2. The summed E-state index contributed by atoms with van der Waals surface area (Å²) in [5.74, 6) is 0.909. The third kappa shape index (κ3) is 2.74. The van der Waals surface area contributed by atoms with Crippen molar-refractivity contribution in [2.75, 3.05) is 0 Å². The molecule has 0 radical (unpaired) electrons. The second-order valence-corrected chi connectivity index (χ2v) is 6.36. The minimum absolute atomic E-state index is 0.209. The van der Waals surface area contributed by atoms with Crippen LogP contribution in [0.15, 0.2) is 41.3 Å². The molecule has 1 N–H and O–H groups in total. The molecule has 2 heterocycles. The first-order chi connectivity index (χ1) is 11.3. The molecule has 0 saturated carbocycles. The van der Waals surface area contributed by atoms with Gasteiger partial charge in [0.25, 0.3) is 5.56 Å². The monoisotopic (exact) mass is 326 g/mol. The quantitative estimate of drug-likeness (QED) is 0.911. The number of nitrogens with zero attached hydrogens (tertiary/aromatic N) is 2. The number of aliphatic hydroxyl groups excluding tert-OH is 1. The van der Waals surface area contributed by atoms with E-state index < -0.39 is 17.8 Å². The molecule has 0 aliphatic carbocycles. The first-order valence-electron chi connectivity index (χ1n) is 7.56. The predicted octanol–water partition coefficient (Wildman–Crippen LogP) is 1.91. The standard InChI is InChI=1S/C18H18N2O4/c1-18(2)17(22)16(23-12-6-7-20(3)15(21)9-12)13-8-11(10-19)4-5-14(13)24-18/h4-9,16-17,22H,1-3H3/t16-,17+/m1/s1. The Balaban J connectivity index is 2.06. The molecule has 1 aromatic heterocycles. The third-order valence-electron chi connectivity index (χ3n) is 4.16. The molecule has 1 aliphatic heterocycles. The van der Waals surface area contributed by atoms with E-state index in [1.807, 2.05) is 0 Å². The lowest BCUT2D eigenvalue weighted by Gasteiger charge is -2.41. The van der Waals surface area contributed by atoms with E-state index in [4.69, 9.17) is 14.7 Å². The SMILES string of the molecule is Cn1ccc(O[C@@H]2c3cc(C#N)ccc3OC(C)(C)[C@H]2O)cc1=O. The Morgan fingerprint density at radius 1 is 1.33 bits per heavy atom. The van der Waals surface area contributed by atoms with Crippen LogP contribution in [0.3, 0.4) is 0 Å². The molecule has 2 aromatic rings. The van der Waals surface area contributed by atoms with Gasteiger partial charge in [-0.05, 0) is 38.1 Å². The van der Waals surface area contributed by atoms with Crippen LogP contribution >= 0.6 is 0 Å². The first-order valence-corrected chi connectivity index (χ1v) is 7.56. The first kappa shape index (κ1) is 16.1. The van der Waals surface area contributed by atoms with Crippen LogP contribution in [0.25, 0.3) is 0 Å². The number of hydrogen-bond donors (Lipinski definition) is 1. The molecular formula is C18H18N2O4. The molecule has 1 aromatic carbocycles. The van der Waals surface area contributed by atoms with Crippen molar-refractivity contribution < 1.29 is 14.6 Å². The minimum atomic E-state index is -0.969. The third-order valence-corrected chi connectivity index (χ3v) is 4.16. The highest BCUT2D eigenvalue weighted by atomic mass is 16.5. The molecule has 0 amide bonds. The number of aromatic nitrogens is 1. The lowest BCUT2D eigenvalue weighted by atomic mass is 9.87. The largest absolute Gasteiger partial charge is 0.485 e. The van der Waals surface area contributed by atoms with Crippen molar-refractivity contribution in [3.05, 3.63) is 58.0 Å². The smallest absolute Gasteiger partial charge is 0.253 e. The topological polar surface area (TPSA) is 84.5 Å². The van der Waals surface area contributed by atoms with Crippen molar-refractivity contribution in [3.8, 4) is 17.6 Å². The van der Waals surface area contributed by atoms with Crippen LogP contribution in [0, 0.1) is 11.3 Å². The fourth-order valence-corrected chi connectivity index (χ4v) is 2.69. The Morgan fingerprint density at radius 2 is 2.08 bits per heavy atom. The van der Waals surface area contributed by atoms with Crippen molar-refractivity contribution in [3.63, 3.8) is 0 Å². The van der Waals surface area contributed by atoms with Gasteiger partial charge in [-0.1, -0.05) is 0 Å². The Morgan fingerprint density at radius 3 is 2.75 bits per heavy atom. The maximum atomic E-state index is 11.8. The average molecular weight is 326 g/mol. The van der Waals surface area contributed by atoms with Gasteiger partial charge < -0.3 is 19.1 Å². The summed E-state index contributed by atoms with van der Waals surface area (Å²) in [6.07, 6.45) is -0.117. The lowest BCUT2D eigenvalue weighted by molar-refractivity contribution is -0.103. The van der Waals surface area contributed by atoms with Crippen LogP contribution in [0.2, 0.25) is 0 Å². The molecule has 3 rings (SSSR count). The van der Waals surface area contributed by atoms with Gasteiger partial charge in [0.05, 0.1) is 11.6 Å². The maximum absolute atomic E-state index is 11.8. The van der Waals surface area contributed by atoms with E-state index in [1.54, 1.807) is 51.4 Å². The summed E-state index contributed by atoms with van der Waals surface area (Å²) in [5, 5.41) is 19.8. The molecule has 24 heavy (non-hydrogen) atoms. The molecular weight excluding hydrogens is 308 g/mol. The molecule has 6 heteroatoms. The summed E-state index contributed by atoms with van der Waals surface area (Å²) >= 11 is 0. The number of nitriles is 1. The zero-order valence-corrected chi connectivity index (χ0v) is 13.7. The van der Waals surface area contributed by atoms with E-state index in [2.05, 4.69) is 6.07 Å². The molecule has 0 fully saturated rings. The van der Waals surface area contributed by atoms with Crippen LogP contribution < -0.4 is 15.0 Å². The van der Waals surface area contributed by atoms with Crippen molar-refractivity contribution in [1.82, 2.24) is 4.57 Å². The Hall–Kier alpha value is -2.78. The van der Waals surface area contributed by atoms with Gasteiger partial charge in [-0.15, -0.1) is 0 Å². The summed E-state index contributed by atoms with van der Waals surface area (Å²) in [6, 6.07) is 10.1. The summed E-state index contributed by atoms with van der Waals surface area (Å²) in [7, 11) is 1.65. The van der Waals surface area contributed by atoms with Crippen molar-refractivity contribution in [2.24, 2.45) is 7.05 Å². The van der Waals surface area contributed by atoms with Gasteiger partial charge in [0.1, 0.15) is 23.2 Å². The van der Waals surface area contributed by atoms with E-state index >= 15 is 0 Å². The van der Waals surface area contributed by atoms with Gasteiger partial charge in [-0.25, -0.2) is 0 Å². The normalized spacial score (nSPS) is 21.3. The summed E-state index contributed by atoms with van der Waals surface area (Å²) in [4.78, 5) is 11.8. The lowest BCUT2D eigenvalue weighted by Crippen LogP contribution is -2.50. The summed E-state index contributed by atoms with van der Waals surface area (Å²) < 4.78 is 13.2. The number of aliphatic hydroxyl groups is 1. The molecule has 0 saturated heterocycles. The highest BCUT2D eigenvalue weighted by molar-refractivity contribution is 5.46. The number of benzene rings is 1. The van der Waals surface area contributed by atoms with Crippen LogP contribution in [-0.4, -0.2) is 21.4 Å². The minimum Gasteiger partial charge on any atom is -0.485 e. The van der Waals surface area contributed by atoms with Crippen molar-refractivity contribution >= 4 is 0 Å². The number of fused-ring (bicyclic) bond motifs is 1. The second kappa shape index (κ2) is 5.69. The van der Waals surface area contributed by atoms with E-state index in [0.717, 1.165) is 0 Å². The van der Waals surface area contributed by atoms with Gasteiger partial charge in [0.2, 0.25) is 0 Å². The van der Waals surface area contributed by atoms with Crippen molar-refractivity contribution in [2.45, 2.75) is 31.7 Å². The van der Waals surface area contributed by atoms with Gasteiger partial charge >= 0.3 is 0 Å². The highest BCUT2D eigenvalue weighted by Crippen LogP contribution is 2.42. The molecule has 6 nitrogen and oxygen atoms in total. The van der Waals surface area contributed by atoms with Crippen molar-refractivity contribution in [1.29, 1.82) is 5.26 Å². The zero-order valence-electron chi connectivity index (χ0n) is 13.7. The molecule has 124 valence electrons. The Kier molecular flexibility index (Phi) is 3.82. The second-order valence-electron chi connectivity index (χ2n) is 6.36. The average Bonchev–Trinajstić information content (AvgIpc) is 2.54. The van der Waals surface area contributed by atoms with E-state index in [1.165, 1.54) is 10.6 Å². The van der Waals surface area contributed by atoms with Gasteiger partial charge in [-0.2, -0.15) is 5.26 Å². The number of pyridine rings is 1. The van der Waals surface area contributed by atoms with Crippen LogP contribution in [-0.2, 0) is 7.05 Å². The van der Waals surface area contributed by atoms with Gasteiger partial charge in [0, 0.05) is 24.9 Å². The van der Waals surface area contributed by atoms with Gasteiger partial charge in [-0.3, -0.25) is 4.79 Å². The van der Waals surface area contributed by atoms with E-state index in [9.17, 15) is 9.90 Å². The fourth-order valence-electron chi connectivity index (χ4n) is 2.69.